The van der Waals surface area contributed by atoms with Crippen molar-refractivity contribution in [3.63, 3.8) is 0 Å². The Morgan fingerprint density at radius 1 is 1.20 bits per heavy atom. The number of carbonyl (C=O) groups is 1. The van der Waals surface area contributed by atoms with Crippen LogP contribution in [0.25, 0.3) is 0 Å². The fourth-order valence-electron chi connectivity index (χ4n) is 5.67. The van der Waals surface area contributed by atoms with Gasteiger partial charge in [-0.15, -0.1) is 0 Å². The lowest BCUT2D eigenvalue weighted by atomic mass is 9.64. The van der Waals surface area contributed by atoms with Crippen LogP contribution in [0.3, 0.4) is 0 Å². The number of rotatable bonds is 4. The van der Waals surface area contributed by atoms with E-state index in [-0.39, 0.29) is 35.4 Å². The number of amides is 1. The predicted molar refractivity (Wildman–Crippen MR) is 114 cm³/mol. The molecule has 2 aliphatic rings. The molecule has 4 rings (SSSR count). The summed E-state index contributed by atoms with van der Waals surface area (Å²) < 4.78 is 20.1. The van der Waals surface area contributed by atoms with Gasteiger partial charge in [-0.3, -0.25) is 4.79 Å². The van der Waals surface area contributed by atoms with Crippen LogP contribution < -0.4 is 4.74 Å². The maximum atomic E-state index is 14.6. The minimum absolute atomic E-state index is 0.0254. The highest BCUT2D eigenvalue weighted by Gasteiger charge is 2.53. The van der Waals surface area contributed by atoms with Crippen LogP contribution in [-0.4, -0.2) is 36.1 Å². The standard InChI is InChI=1S/C25H30FNO3/c1-16-12-18-14-27(24(28)17(2)19-8-4-7-11-23(19)30-3)15-21(18)25(29,13-16)20-9-5-6-10-22(20)26/h4-11,16-18,21,29H,12-15H2,1-3H3/t16-,17?,18+,21-,25-/m1/s1. The van der Waals surface area contributed by atoms with Crippen molar-refractivity contribution in [2.45, 2.75) is 38.2 Å². The van der Waals surface area contributed by atoms with E-state index >= 15 is 0 Å². The Morgan fingerprint density at radius 2 is 1.90 bits per heavy atom. The molecule has 2 aromatic rings. The molecule has 1 saturated heterocycles. The van der Waals surface area contributed by atoms with Crippen molar-refractivity contribution >= 4 is 5.91 Å². The van der Waals surface area contributed by atoms with E-state index in [4.69, 9.17) is 4.74 Å². The molecule has 0 radical (unpaired) electrons. The number of hydrogen-bond acceptors (Lipinski definition) is 3. The second kappa shape index (κ2) is 8.03. The van der Waals surface area contributed by atoms with Gasteiger partial charge < -0.3 is 14.7 Å². The van der Waals surface area contributed by atoms with E-state index in [1.165, 1.54) is 6.07 Å². The van der Waals surface area contributed by atoms with Crippen molar-refractivity contribution in [1.29, 1.82) is 0 Å². The Morgan fingerprint density at radius 3 is 2.63 bits per heavy atom. The molecular weight excluding hydrogens is 381 g/mol. The number of hydrogen-bond donors (Lipinski definition) is 1. The molecule has 1 saturated carbocycles. The molecule has 1 aliphatic heterocycles. The third-order valence-electron chi connectivity index (χ3n) is 7.05. The average molecular weight is 412 g/mol. The van der Waals surface area contributed by atoms with Crippen molar-refractivity contribution in [2.24, 2.45) is 17.8 Å². The van der Waals surface area contributed by atoms with Gasteiger partial charge in [-0.25, -0.2) is 4.39 Å². The lowest BCUT2D eigenvalue weighted by molar-refractivity contribution is -0.132. The summed E-state index contributed by atoms with van der Waals surface area (Å²) in [6.07, 6.45) is 1.45. The number of ether oxygens (including phenoxy) is 1. The topological polar surface area (TPSA) is 49.8 Å². The zero-order chi connectivity index (χ0) is 21.5. The summed E-state index contributed by atoms with van der Waals surface area (Å²) in [5.74, 6) is 0.258. The molecule has 160 valence electrons. The average Bonchev–Trinajstić information content (AvgIpc) is 3.17. The van der Waals surface area contributed by atoms with Crippen LogP contribution in [0.1, 0.15) is 43.7 Å². The van der Waals surface area contributed by atoms with Crippen molar-refractivity contribution in [3.05, 3.63) is 65.5 Å². The minimum atomic E-state index is -1.25. The summed E-state index contributed by atoms with van der Waals surface area (Å²) in [7, 11) is 1.61. The molecular formula is C25H30FNO3. The first-order valence-electron chi connectivity index (χ1n) is 10.7. The molecule has 30 heavy (non-hydrogen) atoms. The SMILES string of the molecule is COc1ccccc1C(C)C(=O)N1C[C@@H]2C[C@@H](C)C[C@@](O)(c3ccccc3F)[C@@H]2C1. The van der Waals surface area contributed by atoms with Gasteiger partial charge in [-0.1, -0.05) is 43.3 Å². The first-order chi connectivity index (χ1) is 14.3. The Labute approximate surface area is 177 Å². The van der Waals surface area contributed by atoms with E-state index in [1.54, 1.807) is 25.3 Å². The normalized spacial score (nSPS) is 29.4. The number of benzene rings is 2. The van der Waals surface area contributed by atoms with Gasteiger partial charge in [0.05, 0.1) is 18.6 Å². The summed E-state index contributed by atoms with van der Waals surface area (Å²) in [5, 5.41) is 11.7. The number of methoxy groups -OCH3 is 1. The summed E-state index contributed by atoms with van der Waals surface area (Å²) in [5.41, 5.74) is -0.0349. The number of aliphatic hydroxyl groups is 1. The maximum absolute atomic E-state index is 14.6. The lowest BCUT2D eigenvalue weighted by Crippen LogP contribution is -2.46. The fraction of sp³-hybridized carbons (Fsp3) is 0.480. The third kappa shape index (κ3) is 3.49. The second-order valence-corrected chi connectivity index (χ2v) is 9.02. The number of halogens is 1. The number of para-hydroxylation sites is 1. The van der Waals surface area contributed by atoms with Crippen LogP contribution >= 0.6 is 0 Å². The van der Waals surface area contributed by atoms with Crippen LogP contribution in [0, 0.1) is 23.6 Å². The van der Waals surface area contributed by atoms with Gasteiger partial charge in [0.15, 0.2) is 0 Å². The van der Waals surface area contributed by atoms with Crippen LogP contribution in [0.2, 0.25) is 0 Å². The highest BCUT2D eigenvalue weighted by Crippen LogP contribution is 2.51. The quantitative estimate of drug-likeness (QED) is 0.815. The Balaban J connectivity index is 1.61. The molecule has 1 N–H and O–H groups in total. The van der Waals surface area contributed by atoms with Gasteiger partial charge in [0.2, 0.25) is 5.91 Å². The van der Waals surface area contributed by atoms with E-state index in [0.29, 0.717) is 30.8 Å². The Bertz CT molecular complexity index is 932. The summed E-state index contributed by atoms with van der Waals surface area (Å²) in [6, 6.07) is 14.1. The van der Waals surface area contributed by atoms with Gasteiger partial charge >= 0.3 is 0 Å². The summed E-state index contributed by atoms with van der Waals surface area (Å²) >= 11 is 0. The molecule has 1 aliphatic carbocycles. The molecule has 1 amide bonds. The van der Waals surface area contributed by atoms with Gasteiger partial charge in [0.1, 0.15) is 11.6 Å². The van der Waals surface area contributed by atoms with E-state index in [1.807, 2.05) is 36.1 Å². The molecule has 1 heterocycles. The zero-order valence-electron chi connectivity index (χ0n) is 17.8. The molecule has 5 heteroatoms. The van der Waals surface area contributed by atoms with E-state index < -0.39 is 5.60 Å². The van der Waals surface area contributed by atoms with Crippen molar-refractivity contribution in [3.8, 4) is 5.75 Å². The monoisotopic (exact) mass is 411 g/mol. The highest BCUT2D eigenvalue weighted by atomic mass is 19.1. The lowest BCUT2D eigenvalue weighted by Gasteiger charge is -2.44. The minimum Gasteiger partial charge on any atom is -0.496 e. The smallest absolute Gasteiger partial charge is 0.229 e. The van der Waals surface area contributed by atoms with E-state index in [0.717, 1.165) is 12.0 Å². The Kier molecular flexibility index (Phi) is 5.58. The highest BCUT2D eigenvalue weighted by molar-refractivity contribution is 5.84. The summed E-state index contributed by atoms with van der Waals surface area (Å²) in [6.45, 7) is 5.04. The summed E-state index contributed by atoms with van der Waals surface area (Å²) in [4.78, 5) is 15.2. The second-order valence-electron chi connectivity index (χ2n) is 9.02. The number of fused-ring (bicyclic) bond motifs is 1. The van der Waals surface area contributed by atoms with E-state index in [2.05, 4.69) is 6.92 Å². The number of nitrogens with zero attached hydrogens (tertiary/aromatic N) is 1. The van der Waals surface area contributed by atoms with Crippen molar-refractivity contribution in [1.82, 2.24) is 4.90 Å². The van der Waals surface area contributed by atoms with Crippen molar-refractivity contribution in [2.75, 3.05) is 20.2 Å². The molecule has 2 fully saturated rings. The molecule has 2 aromatic carbocycles. The van der Waals surface area contributed by atoms with Crippen LogP contribution in [-0.2, 0) is 10.4 Å². The van der Waals surface area contributed by atoms with Crippen LogP contribution in [0.5, 0.6) is 5.75 Å². The van der Waals surface area contributed by atoms with E-state index in [9.17, 15) is 14.3 Å². The fourth-order valence-corrected chi connectivity index (χ4v) is 5.67. The number of carbonyl (C=O) groups excluding carboxylic acids is 1. The Hall–Kier alpha value is -2.40. The predicted octanol–water partition coefficient (Wildman–Crippen LogP) is 4.33. The van der Waals surface area contributed by atoms with Gasteiger partial charge in [0, 0.05) is 30.1 Å². The molecule has 0 bridgehead atoms. The van der Waals surface area contributed by atoms with Crippen molar-refractivity contribution < 1.29 is 19.0 Å². The van der Waals surface area contributed by atoms with Crippen LogP contribution in [0.4, 0.5) is 4.39 Å². The first-order valence-corrected chi connectivity index (χ1v) is 10.7. The first kappa shape index (κ1) is 20.9. The molecule has 0 aromatic heterocycles. The van der Waals surface area contributed by atoms with Gasteiger partial charge in [0.25, 0.3) is 0 Å². The molecule has 5 atom stereocenters. The maximum Gasteiger partial charge on any atom is 0.229 e. The van der Waals surface area contributed by atoms with Gasteiger partial charge in [-0.05, 0) is 43.7 Å². The third-order valence-corrected chi connectivity index (χ3v) is 7.05. The van der Waals surface area contributed by atoms with Gasteiger partial charge in [-0.2, -0.15) is 0 Å². The molecule has 1 unspecified atom stereocenters. The zero-order valence-corrected chi connectivity index (χ0v) is 17.8. The molecule has 4 nitrogen and oxygen atoms in total. The largest absolute Gasteiger partial charge is 0.496 e. The van der Waals surface area contributed by atoms with Crippen LogP contribution in [0.15, 0.2) is 48.5 Å². The molecule has 0 spiro atoms. The number of likely N-dealkylation sites (tertiary alicyclic amines) is 1.